The second-order valence-electron chi connectivity index (χ2n) is 1.07. The van der Waals surface area contributed by atoms with Gasteiger partial charge in [0.15, 0.2) is 0 Å². The van der Waals surface area contributed by atoms with Gasteiger partial charge in [0.25, 0.3) is 0 Å². The van der Waals surface area contributed by atoms with Crippen LogP contribution >= 0.6 is 0 Å². The Balaban J connectivity index is 0. The molecule has 0 N–H and O–H groups in total. The summed E-state index contributed by atoms with van der Waals surface area (Å²) in [5, 5.41) is 9.49. The summed E-state index contributed by atoms with van der Waals surface area (Å²) in [5.41, 5.74) is 0.0648. The zero-order valence-corrected chi connectivity index (χ0v) is 8.59. The fourth-order valence-corrected chi connectivity index (χ4v) is 0. The third-order valence-electron chi connectivity index (χ3n) is 0.348. The average Bonchev–Trinajstić information content (AvgIpc) is 1.36. The fraction of sp³-hybridized carbons (Fsp3) is 0.250. The van der Waals surface area contributed by atoms with E-state index in [1.807, 2.05) is 0 Å². The summed E-state index contributed by atoms with van der Waals surface area (Å²) < 4.78 is 0. The Kier molecular flexibility index (Phi) is 6.25. The first-order valence-electron chi connectivity index (χ1n) is 1.51. The predicted octanol–water partition coefficient (Wildman–Crippen LogP) is -1.07. The van der Waals surface area contributed by atoms with Crippen molar-refractivity contribution < 1.29 is 9.90 Å². The van der Waals surface area contributed by atoms with Crippen LogP contribution in [0.5, 0.6) is 0 Å². The predicted molar refractivity (Wildman–Crippen MR) is 25.6 cm³/mol. The minimum atomic E-state index is -1.19. The second-order valence-corrected chi connectivity index (χ2v) is 1.07. The van der Waals surface area contributed by atoms with Crippen molar-refractivity contribution in [3.05, 3.63) is 12.2 Å². The summed E-state index contributed by atoms with van der Waals surface area (Å²) in [6.07, 6.45) is 0. The molecule has 0 aliphatic rings. The number of carboxylic acids is 1. The maximum Gasteiger partial charge on any atom is 1.00 e. The Morgan fingerprint density at radius 2 is 1.86 bits per heavy atom. The maximum atomic E-state index is 9.49. The zero-order valence-electron chi connectivity index (χ0n) is 4.10. The molecular weight excluding hydrogens is 284 g/mol. The van der Waals surface area contributed by atoms with E-state index in [-0.39, 0.29) is 32.9 Å². The summed E-state index contributed by atoms with van der Waals surface area (Å²) in [5.74, 6) is -1.19. The zero-order chi connectivity index (χ0) is 5.15. The van der Waals surface area contributed by atoms with Crippen LogP contribution in [0.2, 0.25) is 0 Å². The van der Waals surface area contributed by atoms with Crippen LogP contribution in [0.25, 0.3) is 0 Å². The van der Waals surface area contributed by atoms with E-state index >= 15 is 0 Å². The summed E-state index contributed by atoms with van der Waals surface area (Å²) in [7, 11) is 0. The van der Waals surface area contributed by atoms with Gasteiger partial charge in [-0.15, -0.1) is 0 Å². The van der Waals surface area contributed by atoms with Crippen LogP contribution in [0.1, 0.15) is 6.92 Å². The van der Waals surface area contributed by atoms with Gasteiger partial charge in [-0.25, -0.2) is 0 Å². The van der Waals surface area contributed by atoms with Crippen molar-refractivity contribution >= 4 is 33.3 Å². The van der Waals surface area contributed by atoms with Gasteiger partial charge in [-0.1, -0.05) is 6.58 Å². The molecule has 0 bridgehead atoms. The molecule has 0 saturated heterocycles. The Morgan fingerprint density at radius 3 is 1.86 bits per heavy atom. The molecule has 0 atom stereocenters. The largest absolute Gasteiger partial charge is 1.00 e. The topological polar surface area (TPSA) is 40.1 Å². The molecule has 0 aromatic heterocycles. The van der Waals surface area contributed by atoms with E-state index < -0.39 is 5.97 Å². The Morgan fingerprint density at radius 1 is 1.71 bits per heavy atom. The van der Waals surface area contributed by atoms with E-state index in [9.17, 15) is 9.90 Å². The number of carbonyl (C=O) groups is 1. The van der Waals surface area contributed by atoms with Crippen LogP contribution in [0.3, 0.4) is 0 Å². The molecule has 0 heterocycles. The molecular formula is C4H5O2Tl. The molecule has 0 saturated carbocycles. The number of hydrogen-bond donors (Lipinski definition) is 0. The SMILES string of the molecule is C=C(C)C(=O)[O-].[Tl+]. The summed E-state index contributed by atoms with van der Waals surface area (Å²) in [4.78, 5) is 9.49. The van der Waals surface area contributed by atoms with Crippen molar-refractivity contribution in [3.8, 4) is 0 Å². The van der Waals surface area contributed by atoms with Gasteiger partial charge in [0.1, 0.15) is 0 Å². The quantitative estimate of drug-likeness (QED) is 0.456. The van der Waals surface area contributed by atoms with Gasteiger partial charge in [-0.3, -0.25) is 0 Å². The molecule has 0 aromatic rings. The standard InChI is InChI=1S/C4H6O2.Tl/c1-3(2)4(5)6;/h1H2,2H3,(H,5,6);/q;+1/p-1. The van der Waals surface area contributed by atoms with Crippen molar-refractivity contribution in [1.29, 1.82) is 0 Å². The maximum absolute atomic E-state index is 9.49. The minimum Gasteiger partial charge on any atom is -0.545 e. The molecule has 36 valence electrons. The number of carboxylic acid groups (broad SMARTS) is 1. The van der Waals surface area contributed by atoms with Gasteiger partial charge in [-0.2, -0.15) is 0 Å². The van der Waals surface area contributed by atoms with Crippen molar-refractivity contribution in [2.45, 2.75) is 6.92 Å². The molecule has 0 aliphatic heterocycles. The Hall–Kier alpha value is 0.132. The molecule has 0 radical (unpaired) electrons. The average molecular weight is 289 g/mol. The van der Waals surface area contributed by atoms with E-state index in [1.165, 1.54) is 6.92 Å². The normalized spacial score (nSPS) is 6.43. The Labute approximate surface area is 62.4 Å². The van der Waals surface area contributed by atoms with E-state index in [0.29, 0.717) is 0 Å². The van der Waals surface area contributed by atoms with Gasteiger partial charge < -0.3 is 9.90 Å². The van der Waals surface area contributed by atoms with Gasteiger partial charge in [0.2, 0.25) is 0 Å². The first kappa shape index (κ1) is 10.2. The summed E-state index contributed by atoms with van der Waals surface area (Å²) in [6.45, 7) is 4.48. The molecule has 0 fully saturated rings. The van der Waals surface area contributed by atoms with Gasteiger partial charge in [-0.05, 0) is 12.5 Å². The first-order valence-corrected chi connectivity index (χ1v) is 1.51. The monoisotopic (exact) mass is 290 g/mol. The number of carbonyl (C=O) groups excluding carboxylic acids is 1. The van der Waals surface area contributed by atoms with Crippen LogP contribution in [0.4, 0.5) is 0 Å². The number of aliphatic carboxylic acids is 1. The van der Waals surface area contributed by atoms with Gasteiger partial charge in [0.05, 0.1) is 5.97 Å². The van der Waals surface area contributed by atoms with Crippen LogP contribution in [-0.4, -0.2) is 33.3 Å². The van der Waals surface area contributed by atoms with Crippen molar-refractivity contribution in [3.63, 3.8) is 0 Å². The van der Waals surface area contributed by atoms with Gasteiger partial charge >= 0.3 is 27.3 Å². The molecule has 3 heteroatoms. The summed E-state index contributed by atoms with van der Waals surface area (Å²) in [6, 6.07) is 0. The molecule has 0 unspecified atom stereocenters. The van der Waals surface area contributed by atoms with E-state index in [1.54, 1.807) is 0 Å². The summed E-state index contributed by atoms with van der Waals surface area (Å²) >= 11 is 0. The number of rotatable bonds is 1. The van der Waals surface area contributed by atoms with E-state index in [4.69, 9.17) is 0 Å². The molecule has 0 spiro atoms. The van der Waals surface area contributed by atoms with Crippen LogP contribution in [-0.2, 0) is 4.79 Å². The second kappa shape index (κ2) is 4.30. The van der Waals surface area contributed by atoms with Crippen molar-refractivity contribution in [1.82, 2.24) is 0 Å². The Bertz CT molecular complexity index is 75.7. The van der Waals surface area contributed by atoms with Crippen LogP contribution in [0, 0.1) is 0 Å². The van der Waals surface area contributed by atoms with E-state index in [2.05, 4.69) is 6.58 Å². The van der Waals surface area contributed by atoms with Crippen molar-refractivity contribution in [2.24, 2.45) is 0 Å². The minimum absolute atomic E-state index is 0. The van der Waals surface area contributed by atoms with Crippen molar-refractivity contribution in [2.75, 3.05) is 0 Å². The van der Waals surface area contributed by atoms with Crippen LogP contribution in [0.15, 0.2) is 12.2 Å². The molecule has 7 heavy (non-hydrogen) atoms. The molecule has 2 nitrogen and oxygen atoms in total. The molecule has 0 amide bonds. The molecule has 0 aromatic carbocycles. The molecule has 0 rings (SSSR count). The first-order chi connectivity index (χ1) is 2.64. The van der Waals surface area contributed by atoms with Gasteiger partial charge in [0, 0.05) is 0 Å². The number of hydrogen-bond acceptors (Lipinski definition) is 2. The third-order valence-corrected chi connectivity index (χ3v) is 0.348. The fourth-order valence-electron chi connectivity index (χ4n) is 0. The smallest absolute Gasteiger partial charge is 0.545 e. The molecule has 0 aliphatic carbocycles. The third kappa shape index (κ3) is 6.13. The van der Waals surface area contributed by atoms with E-state index in [0.717, 1.165) is 0 Å². The van der Waals surface area contributed by atoms with Crippen LogP contribution < -0.4 is 5.11 Å².